The van der Waals surface area contributed by atoms with Crippen LogP contribution >= 0.6 is 11.8 Å². The molecule has 0 unspecified atom stereocenters. The number of hydrogen-bond acceptors (Lipinski definition) is 2. The van der Waals surface area contributed by atoms with E-state index < -0.39 is 0 Å². The minimum atomic E-state index is 0.117. The summed E-state index contributed by atoms with van der Waals surface area (Å²) in [4.78, 5) is 11.7. The molecule has 0 aliphatic carbocycles. The van der Waals surface area contributed by atoms with E-state index in [1.54, 1.807) is 6.92 Å². The number of aromatic nitrogens is 1. The maximum atomic E-state index is 11.7. The maximum absolute atomic E-state index is 11.7. The van der Waals surface area contributed by atoms with Crippen LogP contribution in [-0.2, 0) is 6.42 Å². The molecule has 82 valence electrons. The summed E-state index contributed by atoms with van der Waals surface area (Å²) in [5, 5.41) is 2.42. The fourth-order valence-corrected chi connectivity index (χ4v) is 3.63. The Morgan fingerprint density at radius 1 is 1.38 bits per heavy atom. The lowest BCUT2D eigenvalue weighted by Crippen LogP contribution is -2.09. The first-order valence-corrected chi connectivity index (χ1v) is 6.53. The molecule has 1 aromatic heterocycles. The quantitative estimate of drug-likeness (QED) is 0.693. The largest absolute Gasteiger partial charge is 0.274 e. The summed E-state index contributed by atoms with van der Waals surface area (Å²) in [7, 11) is 0. The van der Waals surface area contributed by atoms with E-state index in [0.29, 0.717) is 0 Å². The molecule has 0 spiro atoms. The topological polar surface area (TPSA) is 22.0 Å². The van der Waals surface area contributed by atoms with Gasteiger partial charge in [-0.3, -0.25) is 9.36 Å². The molecule has 0 saturated heterocycles. The van der Waals surface area contributed by atoms with Crippen molar-refractivity contribution in [3.63, 3.8) is 0 Å². The van der Waals surface area contributed by atoms with Gasteiger partial charge >= 0.3 is 0 Å². The SMILES string of the molecule is CC(=O)n1c2c(c3ccccc31)CCCS2. The highest BCUT2D eigenvalue weighted by molar-refractivity contribution is 7.99. The average molecular weight is 231 g/mol. The third-order valence-corrected chi connectivity index (χ3v) is 4.25. The summed E-state index contributed by atoms with van der Waals surface area (Å²) in [5.74, 6) is 1.24. The van der Waals surface area contributed by atoms with Crippen LogP contribution in [0.3, 0.4) is 0 Å². The van der Waals surface area contributed by atoms with Gasteiger partial charge in [0.2, 0.25) is 5.91 Å². The first-order chi connectivity index (χ1) is 7.79. The Labute approximate surface area is 98.6 Å². The van der Waals surface area contributed by atoms with Gasteiger partial charge in [0, 0.05) is 12.3 Å². The predicted molar refractivity (Wildman–Crippen MR) is 67.3 cm³/mol. The van der Waals surface area contributed by atoms with Gasteiger partial charge in [-0.1, -0.05) is 18.2 Å². The van der Waals surface area contributed by atoms with Crippen molar-refractivity contribution in [2.24, 2.45) is 0 Å². The number of aryl methyl sites for hydroxylation is 1. The van der Waals surface area contributed by atoms with Gasteiger partial charge in [0.25, 0.3) is 0 Å². The highest BCUT2D eigenvalue weighted by Gasteiger charge is 2.21. The summed E-state index contributed by atoms with van der Waals surface area (Å²) < 4.78 is 1.87. The van der Waals surface area contributed by atoms with Crippen molar-refractivity contribution in [1.82, 2.24) is 4.57 Å². The van der Waals surface area contributed by atoms with E-state index in [9.17, 15) is 4.79 Å². The molecular weight excluding hydrogens is 218 g/mol. The monoisotopic (exact) mass is 231 g/mol. The van der Waals surface area contributed by atoms with Gasteiger partial charge in [-0.2, -0.15) is 0 Å². The number of rotatable bonds is 0. The normalized spacial score (nSPS) is 15.1. The van der Waals surface area contributed by atoms with Gasteiger partial charge in [0.15, 0.2) is 0 Å². The van der Waals surface area contributed by atoms with E-state index in [2.05, 4.69) is 6.07 Å². The van der Waals surface area contributed by atoms with Crippen molar-refractivity contribution in [3.8, 4) is 0 Å². The van der Waals surface area contributed by atoms with E-state index in [4.69, 9.17) is 0 Å². The first kappa shape index (κ1) is 9.97. The number of para-hydroxylation sites is 1. The van der Waals surface area contributed by atoms with Crippen LogP contribution in [0.15, 0.2) is 29.3 Å². The minimum Gasteiger partial charge on any atom is -0.274 e. The molecule has 0 N–H and O–H groups in total. The number of nitrogens with zero attached hydrogens (tertiary/aromatic N) is 1. The molecule has 2 nitrogen and oxygen atoms in total. The molecule has 1 aliphatic heterocycles. The molecule has 0 bridgehead atoms. The molecular formula is C13H13NOS. The van der Waals surface area contributed by atoms with Crippen LogP contribution in [0.4, 0.5) is 0 Å². The zero-order valence-electron chi connectivity index (χ0n) is 9.19. The first-order valence-electron chi connectivity index (χ1n) is 5.55. The van der Waals surface area contributed by atoms with Crippen LogP contribution in [0.2, 0.25) is 0 Å². The van der Waals surface area contributed by atoms with E-state index in [1.807, 2.05) is 34.5 Å². The van der Waals surface area contributed by atoms with Gasteiger partial charge in [0.05, 0.1) is 10.5 Å². The number of thioether (sulfide) groups is 1. The Morgan fingerprint density at radius 3 is 3.00 bits per heavy atom. The summed E-state index contributed by atoms with van der Waals surface area (Å²) in [6, 6.07) is 8.21. The van der Waals surface area contributed by atoms with Gasteiger partial charge in [0.1, 0.15) is 0 Å². The van der Waals surface area contributed by atoms with Crippen molar-refractivity contribution in [3.05, 3.63) is 29.8 Å². The van der Waals surface area contributed by atoms with Crippen molar-refractivity contribution in [1.29, 1.82) is 0 Å². The Kier molecular flexibility index (Phi) is 2.28. The zero-order valence-corrected chi connectivity index (χ0v) is 10.0. The number of fused-ring (bicyclic) bond motifs is 3. The average Bonchev–Trinajstić information content (AvgIpc) is 2.63. The Morgan fingerprint density at radius 2 is 2.19 bits per heavy atom. The second-order valence-corrected chi connectivity index (χ2v) is 5.19. The van der Waals surface area contributed by atoms with E-state index >= 15 is 0 Å². The van der Waals surface area contributed by atoms with Crippen molar-refractivity contribution in [2.45, 2.75) is 24.8 Å². The molecule has 1 aliphatic rings. The highest BCUT2D eigenvalue weighted by atomic mass is 32.2. The van der Waals surface area contributed by atoms with Crippen LogP contribution in [0.5, 0.6) is 0 Å². The summed E-state index contributed by atoms with van der Waals surface area (Å²) in [6.45, 7) is 1.64. The van der Waals surface area contributed by atoms with Crippen LogP contribution in [0, 0.1) is 0 Å². The van der Waals surface area contributed by atoms with Crippen molar-refractivity contribution >= 4 is 28.6 Å². The molecule has 0 amide bonds. The molecule has 3 heteroatoms. The molecule has 1 aromatic carbocycles. The maximum Gasteiger partial charge on any atom is 0.228 e. The summed E-state index contributed by atoms with van der Waals surface area (Å²) >= 11 is 1.81. The van der Waals surface area contributed by atoms with Gasteiger partial charge in [-0.15, -0.1) is 11.8 Å². The second kappa shape index (κ2) is 3.67. The molecule has 0 saturated carbocycles. The Bertz CT molecular complexity index is 571. The number of benzene rings is 1. The van der Waals surface area contributed by atoms with Crippen LogP contribution < -0.4 is 0 Å². The number of carbonyl (C=O) groups is 1. The number of carbonyl (C=O) groups excluding carboxylic acids is 1. The van der Waals surface area contributed by atoms with Gasteiger partial charge in [-0.25, -0.2) is 0 Å². The van der Waals surface area contributed by atoms with Crippen LogP contribution in [-0.4, -0.2) is 16.2 Å². The standard InChI is InChI=1S/C13H13NOS/c1-9(15)14-12-7-3-2-5-10(12)11-6-4-8-16-13(11)14/h2-3,5,7H,4,6,8H2,1H3. The summed E-state index contributed by atoms with van der Waals surface area (Å²) in [6.07, 6.45) is 2.31. The van der Waals surface area contributed by atoms with Gasteiger partial charge in [-0.05, 0) is 30.2 Å². The van der Waals surface area contributed by atoms with E-state index in [-0.39, 0.29) is 5.91 Å². The van der Waals surface area contributed by atoms with Crippen molar-refractivity contribution in [2.75, 3.05) is 5.75 Å². The van der Waals surface area contributed by atoms with E-state index in [1.165, 1.54) is 22.4 Å². The molecule has 0 atom stereocenters. The van der Waals surface area contributed by atoms with Gasteiger partial charge < -0.3 is 0 Å². The Balaban J connectivity index is 2.41. The third-order valence-electron chi connectivity index (χ3n) is 3.06. The number of hydrogen-bond donors (Lipinski definition) is 0. The molecule has 0 radical (unpaired) electrons. The molecule has 0 fully saturated rings. The van der Waals surface area contributed by atoms with E-state index in [0.717, 1.165) is 17.7 Å². The second-order valence-electron chi connectivity index (χ2n) is 4.11. The van der Waals surface area contributed by atoms with Crippen LogP contribution in [0.1, 0.15) is 23.7 Å². The molecule has 2 heterocycles. The lowest BCUT2D eigenvalue weighted by Gasteiger charge is -2.13. The predicted octanol–water partition coefficient (Wildman–Crippen LogP) is 3.34. The highest BCUT2D eigenvalue weighted by Crippen LogP contribution is 2.37. The van der Waals surface area contributed by atoms with Crippen LogP contribution in [0.25, 0.3) is 10.9 Å². The minimum absolute atomic E-state index is 0.117. The molecule has 3 rings (SSSR count). The lowest BCUT2D eigenvalue weighted by molar-refractivity contribution is 0.0932. The fourth-order valence-electron chi connectivity index (χ4n) is 2.41. The summed E-state index contributed by atoms with van der Waals surface area (Å²) in [5.41, 5.74) is 2.43. The third kappa shape index (κ3) is 1.31. The smallest absolute Gasteiger partial charge is 0.228 e. The Hall–Kier alpha value is -1.22. The molecule has 2 aromatic rings. The van der Waals surface area contributed by atoms with Crippen molar-refractivity contribution < 1.29 is 4.79 Å². The fraction of sp³-hybridized carbons (Fsp3) is 0.308. The lowest BCUT2D eigenvalue weighted by atomic mass is 10.1. The zero-order chi connectivity index (χ0) is 11.1. The molecule has 16 heavy (non-hydrogen) atoms.